The van der Waals surface area contributed by atoms with Crippen molar-refractivity contribution in [2.24, 2.45) is 16.7 Å². The summed E-state index contributed by atoms with van der Waals surface area (Å²) in [5.74, 6) is 6.46. The highest BCUT2D eigenvalue weighted by molar-refractivity contribution is 7.18. The van der Waals surface area contributed by atoms with E-state index in [0.717, 1.165) is 38.7 Å². The van der Waals surface area contributed by atoms with E-state index in [4.69, 9.17) is 16.6 Å². The summed E-state index contributed by atoms with van der Waals surface area (Å²) >= 11 is 1.69. The van der Waals surface area contributed by atoms with E-state index in [2.05, 4.69) is 21.5 Å². The third-order valence-electron chi connectivity index (χ3n) is 4.49. The number of fused-ring (bicyclic) bond motifs is 4. The van der Waals surface area contributed by atoms with Crippen LogP contribution in [-0.2, 0) is 0 Å². The van der Waals surface area contributed by atoms with E-state index in [1.54, 1.807) is 11.3 Å². The molecule has 6 nitrogen and oxygen atoms in total. The van der Waals surface area contributed by atoms with Crippen LogP contribution in [0.3, 0.4) is 0 Å². The average molecular weight is 358 g/mol. The smallest absolute Gasteiger partial charge is 0.150 e. The highest BCUT2D eigenvalue weighted by atomic mass is 32.1. The van der Waals surface area contributed by atoms with E-state index in [1.807, 2.05) is 53.4 Å². The number of rotatable bonds is 2. The van der Waals surface area contributed by atoms with Crippen molar-refractivity contribution >= 4 is 49.2 Å². The first-order valence-electron chi connectivity index (χ1n) is 8.03. The first-order chi connectivity index (χ1) is 12.8. The molecule has 0 fully saturated rings. The second-order valence-electron chi connectivity index (χ2n) is 5.95. The number of aromatic nitrogens is 3. The first-order valence-corrected chi connectivity index (χ1v) is 8.91. The van der Waals surface area contributed by atoms with Crippen molar-refractivity contribution in [1.29, 1.82) is 0 Å². The molecule has 126 valence electrons. The monoisotopic (exact) mass is 358 g/mol. The average Bonchev–Trinajstić information content (AvgIpc) is 3.33. The number of para-hydroxylation sites is 2. The fourth-order valence-electron chi connectivity index (χ4n) is 3.23. The molecule has 4 N–H and O–H groups in total. The molecule has 0 atom stereocenters. The van der Waals surface area contributed by atoms with E-state index in [9.17, 15) is 0 Å². The Kier molecular flexibility index (Phi) is 3.16. The predicted octanol–water partition coefficient (Wildman–Crippen LogP) is 3.37. The maximum absolute atomic E-state index is 5.87. The summed E-state index contributed by atoms with van der Waals surface area (Å²) < 4.78 is 3.20. The van der Waals surface area contributed by atoms with Crippen molar-refractivity contribution in [1.82, 2.24) is 14.5 Å². The number of amidine groups is 1. The van der Waals surface area contributed by atoms with Gasteiger partial charge in [0, 0.05) is 21.0 Å². The minimum Gasteiger partial charge on any atom is -0.382 e. The Morgan fingerprint density at radius 3 is 2.81 bits per heavy atom. The van der Waals surface area contributed by atoms with Crippen molar-refractivity contribution in [2.45, 2.75) is 0 Å². The van der Waals surface area contributed by atoms with Crippen LogP contribution in [0.15, 0.2) is 65.3 Å². The quantitative estimate of drug-likeness (QED) is 0.219. The van der Waals surface area contributed by atoms with Crippen molar-refractivity contribution in [3.63, 3.8) is 0 Å². The van der Waals surface area contributed by atoms with E-state index >= 15 is 0 Å². The van der Waals surface area contributed by atoms with E-state index in [0.29, 0.717) is 0 Å². The second-order valence-corrected chi connectivity index (χ2v) is 6.86. The Balaban J connectivity index is 1.87. The standard InChI is InChI=1S/C19H14N6S/c20-18(24-21)11-5-6-12-15(9-11)23-19(13-7-8-26-17(12)13)25-10-22-14-3-1-2-4-16(14)25/h1-10H,21H2,(H2,20,24). The third-order valence-corrected chi connectivity index (χ3v) is 5.44. The minimum absolute atomic E-state index is 0.287. The number of imidazole rings is 1. The summed E-state index contributed by atoms with van der Waals surface area (Å²) in [7, 11) is 0. The van der Waals surface area contributed by atoms with Crippen LogP contribution in [-0.4, -0.2) is 20.4 Å². The zero-order valence-electron chi connectivity index (χ0n) is 13.6. The molecule has 0 bridgehead atoms. The van der Waals surface area contributed by atoms with Gasteiger partial charge in [0.15, 0.2) is 0 Å². The van der Waals surface area contributed by atoms with Gasteiger partial charge in [0.25, 0.3) is 0 Å². The highest BCUT2D eigenvalue weighted by Gasteiger charge is 2.14. The molecule has 26 heavy (non-hydrogen) atoms. The van der Waals surface area contributed by atoms with Crippen molar-refractivity contribution in [3.05, 3.63) is 65.8 Å². The van der Waals surface area contributed by atoms with Crippen molar-refractivity contribution < 1.29 is 0 Å². The Bertz CT molecular complexity index is 1310. The zero-order valence-corrected chi connectivity index (χ0v) is 14.4. The van der Waals surface area contributed by atoms with Gasteiger partial charge in [-0.25, -0.2) is 9.97 Å². The van der Waals surface area contributed by atoms with Gasteiger partial charge in [0.2, 0.25) is 0 Å². The van der Waals surface area contributed by atoms with Crippen molar-refractivity contribution in [2.75, 3.05) is 0 Å². The number of thiophene rings is 1. The molecule has 2 aromatic carbocycles. The molecule has 0 unspecified atom stereocenters. The van der Waals surface area contributed by atoms with Gasteiger partial charge in [-0.05, 0) is 29.6 Å². The third kappa shape index (κ3) is 2.07. The van der Waals surface area contributed by atoms with E-state index in [-0.39, 0.29) is 5.84 Å². The summed E-state index contributed by atoms with van der Waals surface area (Å²) in [6.07, 6.45) is 1.81. The highest BCUT2D eigenvalue weighted by Crippen LogP contribution is 2.34. The lowest BCUT2D eigenvalue weighted by atomic mass is 10.1. The molecule has 3 aromatic heterocycles. The Morgan fingerprint density at radius 2 is 1.92 bits per heavy atom. The number of benzene rings is 2. The number of nitrogens with zero attached hydrogens (tertiary/aromatic N) is 4. The number of pyridine rings is 1. The predicted molar refractivity (Wildman–Crippen MR) is 107 cm³/mol. The molecule has 5 aromatic rings. The van der Waals surface area contributed by atoms with Crippen LogP contribution in [0, 0.1) is 0 Å². The van der Waals surface area contributed by atoms with Gasteiger partial charge >= 0.3 is 0 Å². The fourth-order valence-corrected chi connectivity index (χ4v) is 4.16. The van der Waals surface area contributed by atoms with Crippen LogP contribution in [0.2, 0.25) is 0 Å². The lowest BCUT2D eigenvalue weighted by molar-refractivity contribution is 1.05. The minimum atomic E-state index is 0.287. The van der Waals surface area contributed by atoms with Crippen LogP contribution in [0.5, 0.6) is 0 Å². The van der Waals surface area contributed by atoms with Crippen LogP contribution < -0.4 is 11.6 Å². The summed E-state index contributed by atoms with van der Waals surface area (Å²) in [5.41, 5.74) is 9.42. The summed E-state index contributed by atoms with van der Waals surface area (Å²) in [4.78, 5) is 9.42. The molecule has 5 rings (SSSR count). The molecule has 0 radical (unpaired) electrons. The van der Waals surface area contributed by atoms with E-state index < -0.39 is 0 Å². The first kappa shape index (κ1) is 14.9. The van der Waals surface area contributed by atoms with E-state index in [1.165, 1.54) is 4.70 Å². The molecule has 0 spiro atoms. The summed E-state index contributed by atoms with van der Waals surface area (Å²) in [6.45, 7) is 0. The maximum atomic E-state index is 5.87. The molecule has 0 aliphatic carbocycles. The van der Waals surface area contributed by atoms with Gasteiger partial charge in [0.05, 0.1) is 16.6 Å². The molecule has 0 amide bonds. The largest absolute Gasteiger partial charge is 0.382 e. The van der Waals surface area contributed by atoms with Crippen LogP contribution in [0.25, 0.3) is 37.8 Å². The normalized spacial score (nSPS) is 12.4. The fraction of sp³-hybridized carbons (Fsp3) is 0. The van der Waals surface area contributed by atoms with Crippen LogP contribution in [0.4, 0.5) is 0 Å². The SMILES string of the molecule is N/N=C(\N)c1ccc2c(c1)nc(-n1cnc3ccccc31)c1ccsc12. The number of hydrogen-bond acceptors (Lipinski definition) is 5. The molecule has 0 aliphatic heterocycles. The molecule has 0 saturated heterocycles. The maximum Gasteiger partial charge on any atom is 0.150 e. The molecule has 3 heterocycles. The Hall–Kier alpha value is -3.45. The number of hydrogen-bond donors (Lipinski definition) is 2. The van der Waals surface area contributed by atoms with Gasteiger partial charge in [-0.1, -0.05) is 24.3 Å². The molecule has 0 aliphatic rings. The van der Waals surface area contributed by atoms with Gasteiger partial charge in [-0.15, -0.1) is 11.3 Å². The molecular formula is C19H14N6S. The lowest BCUT2D eigenvalue weighted by Gasteiger charge is -2.09. The second kappa shape index (κ2) is 5.53. The van der Waals surface area contributed by atoms with Crippen LogP contribution in [0.1, 0.15) is 5.56 Å². The van der Waals surface area contributed by atoms with Gasteiger partial charge in [-0.3, -0.25) is 4.57 Å². The zero-order chi connectivity index (χ0) is 17.7. The lowest BCUT2D eigenvalue weighted by Crippen LogP contribution is -2.15. The Labute approximate surface area is 152 Å². The van der Waals surface area contributed by atoms with Gasteiger partial charge in [0.1, 0.15) is 18.0 Å². The summed E-state index contributed by atoms with van der Waals surface area (Å²) in [6, 6.07) is 16.0. The summed E-state index contributed by atoms with van der Waals surface area (Å²) in [5, 5.41) is 7.84. The molecular weight excluding hydrogens is 344 g/mol. The Morgan fingerprint density at radius 1 is 1.04 bits per heavy atom. The molecule has 7 heteroatoms. The topological polar surface area (TPSA) is 95.1 Å². The number of hydrazone groups is 1. The van der Waals surface area contributed by atoms with Crippen LogP contribution >= 0.6 is 11.3 Å². The van der Waals surface area contributed by atoms with Gasteiger partial charge < -0.3 is 11.6 Å². The van der Waals surface area contributed by atoms with Gasteiger partial charge in [-0.2, -0.15) is 5.10 Å². The number of nitrogens with two attached hydrogens (primary N) is 2. The molecule has 0 saturated carbocycles. The van der Waals surface area contributed by atoms with Crippen molar-refractivity contribution in [3.8, 4) is 5.82 Å².